The molecule has 0 heterocycles. The van der Waals surface area contributed by atoms with Crippen molar-refractivity contribution in [1.29, 1.82) is 0 Å². The summed E-state index contributed by atoms with van der Waals surface area (Å²) < 4.78 is 28.2. The van der Waals surface area contributed by atoms with Gasteiger partial charge < -0.3 is 15.5 Å². The van der Waals surface area contributed by atoms with E-state index in [4.69, 9.17) is 0 Å². The number of hydrogen-bond acceptors (Lipinski definition) is 5. The first-order chi connectivity index (χ1) is 18.2. The largest absolute Gasteiger partial charge is 0.392 e. The summed E-state index contributed by atoms with van der Waals surface area (Å²) in [6.07, 6.45) is 0.557. The third-order valence-corrected chi connectivity index (χ3v) is 9.05. The molecule has 0 saturated heterocycles. The summed E-state index contributed by atoms with van der Waals surface area (Å²) in [4.78, 5) is 0.241. The Morgan fingerprint density at radius 2 is 1.55 bits per heavy atom. The molecule has 3 N–H and O–H groups in total. The molecule has 0 aliphatic heterocycles. The topological polar surface area (TPSA) is 89.9 Å². The number of aliphatic hydroxyl groups excluding tert-OH is 2. The summed E-state index contributed by atoms with van der Waals surface area (Å²) in [5.41, 5.74) is 3.30. The van der Waals surface area contributed by atoms with Gasteiger partial charge in [0.1, 0.15) is 0 Å². The Bertz CT molecular complexity index is 1250. The standard InChI is InChI=1S/C31H40N2O4S/c1-23(2)21-33(38(36,37)28-14-7-4-8-15-28)22-27(34)18-25(17-24-11-5-3-6-12-24)20-32-30-19-26-13-9-10-16-29(26)31(30)35/h3-16,23,25,27,30-32,34-35H,17-22H2,1-2H3/t25-,27+,30-,31+/m0/s1. The molecule has 204 valence electrons. The zero-order chi connectivity index (χ0) is 27.1. The van der Waals surface area contributed by atoms with Crippen LogP contribution >= 0.6 is 0 Å². The molecule has 3 aromatic carbocycles. The van der Waals surface area contributed by atoms with Gasteiger partial charge in [-0.1, -0.05) is 86.6 Å². The fourth-order valence-corrected chi connectivity index (χ4v) is 7.04. The molecule has 3 aromatic rings. The van der Waals surface area contributed by atoms with E-state index in [1.54, 1.807) is 30.3 Å². The van der Waals surface area contributed by atoms with Gasteiger partial charge in [-0.25, -0.2) is 8.42 Å². The first-order valence-corrected chi connectivity index (χ1v) is 14.9. The predicted molar refractivity (Wildman–Crippen MR) is 151 cm³/mol. The molecule has 0 radical (unpaired) electrons. The lowest BCUT2D eigenvalue weighted by molar-refractivity contribution is 0.107. The van der Waals surface area contributed by atoms with Crippen molar-refractivity contribution in [2.75, 3.05) is 19.6 Å². The highest BCUT2D eigenvalue weighted by atomic mass is 32.2. The van der Waals surface area contributed by atoms with E-state index in [-0.39, 0.29) is 29.3 Å². The molecule has 0 unspecified atom stereocenters. The van der Waals surface area contributed by atoms with E-state index in [1.807, 2.05) is 50.2 Å². The molecule has 0 saturated carbocycles. The molecule has 4 rings (SSSR count). The molecular weight excluding hydrogens is 496 g/mol. The maximum atomic E-state index is 13.4. The van der Waals surface area contributed by atoms with Crippen LogP contribution in [-0.2, 0) is 22.9 Å². The summed E-state index contributed by atoms with van der Waals surface area (Å²) in [5, 5.41) is 25.6. The summed E-state index contributed by atoms with van der Waals surface area (Å²) in [6.45, 7) is 4.94. The second-order valence-electron chi connectivity index (χ2n) is 10.8. The fraction of sp³-hybridized carbons (Fsp3) is 0.419. The Hall–Kier alpha value is -2.55. The van der Waals surface area contributed by atoms with E-state index < -0.39 is 22.2 Å². The minimum Gasteiger partial charge on any atom is -0.392 e. The molecule has 0 bridgehead atoms. The zero-order valence-corrected chi connectivity index (χ0v) is 23.1. The summed E-state index contributed by atoms with van der Waals surface area (Å²) >= 11 is 0. The SMILES string of the molecule is CC(C)CN(C[C@H](O)C[C@@H](CN[C@H]1Cc2ccccc2[C@H]1O)Cc1ccccc1)S(=O)(=O)c1ccccc1. The van der Waals surface area contributed by atoms with Crippen LogP contribution in [-0.4, -0.2) is 54.7 Å². The van der Waals surface area contributed by atoms with Crippen molar-refractivity contribution in [2.24, 2.45) is 11.8 Å². The van der Waals surface area contributed by atoms with Gasteiger partial charge in [-0.3, -0.25) is 0 Å². The van der Waals surface area contributed by atoms with Gasteiger partial charge in [0, 0.05) is 19.1 Å². The number of hydrogen-bond donors (Lipinski definition) is 3. The summed E-state index contributed by atoms with van der Waals surface area (Å²) in [7, 11) is -3.72. The van der Waals surface area contributed by atoms with Crippen molar-refractivity contribution in [2.45, 2.75) is 56.3 Å². The summed E-state index contributed by atoms with van der Waals surface area (Å²) in [6, 6.07) is 26.5. The van der Waals surface area contributed by atoms with E-state index >= 15 is 0 Å². The van der Waals surface area contributed by atoms with E-state index in [9.17, 15) is 18.6 Å². The van der Waals surface area contributed by atoms with Gasteiger partial charge in [-0.2, -0.15) is 4.31 Å². The Labute approximate surface area is 227 Å². The number of sulfonamides is 1. The van der Waals surface area contributed by atoms with Crippen molar-refractivity contribution >= 4 is 10.0 Å². The van der Waals surface area contributed by atoms with E-state index in [0.717, 1.165) is 29.5 Å². The van der Waals surface area contributed by atoms with Crippen LogP contribution in [0.15, 0.2) is 89.8 Å². The molecule has 0 amide bonds. The van der Waals surface area contributed by atoms with Crippen molar-refractivity contribution in [1.82, 2.24) is 9.62 Å². The van der Waals surface area contributed by atoms with E-state index in [1.165, 1.54) is 4.31 Å². The zero-order valence-electron chi connectivity index (χ0n) is 22.3. The van der Waals surface area contributed by atoms with Gasteiger partial charge in [0.25, 0.3) is 0 Å². The molecule has 0 aromatic heterocycles. The monoisotopic (exact) mass is 536 g/mol. The van der Waals surface area contributed by atoms with Crippen LogP contribution in [0.4, 0.5) is 0 Å². The molecule has 4 atom stereocenters. The lowest BCUT2D eigenvalue weighted by atomic mass is 9.93. The lowest BCUT2D eigenvalue weighted by Crippen LogP contribution is -2.42. The minimum atomic E-state index is -3.72. The minimum absolute atomic E-state index is 0.0399. The number of nitrogens with one attached hydrogen (secondary N) is 1. The Morgan fingerprint density at radius 3 is 2.21 bits per heavy atom. The molecular formula is C31H40N2O4S. The number of fused-ring (bicyclic) bond motifs is 1. The molecule has 7 heteroatoms. The number of rotatable bonds is 13. The van der Waals surface area contributed by atoms with Gasteiger partial charge >= 0.3 is 0 Å². The van der Waals surface area contributed by atoms with Crippen LogP contribution in [0.1, 0.15) is 43.1 Å². The first-order valence-electron chi connectivity index (χ1n) is 13.5. The predicted octanol–water partition coefficient (Wildman–Crippen LogP) is 4.19. The second-order valence-corrected chi connectivity index (χ2v) is 12.8. The van der Waals surface area contributed by atoms with Crippen molar-refractivity contribution < 1.29 is 18.6 Å². The normalized spacial score (nSPS) is 19.0. The van der Waals surface area contributed by atoms with Crippen molar-refractivity contribution in [3.63, 3.8) is 0 Å². The first kappa shape index (κ1) is 28.5. The van der Waals surface area contributed by atoms with Crippen LogP contribution < -0.4 is 5.32 Å². The van der Waals surface area contributed by atoms with Crippen LogP contribution in [0.25, 0.3) is 0 Å². The van der Waals surface area contributed by atoms with Crippen LogP contribution in [0.2, 0.25) is 0 Å². The van der Waals surface area contributed by atoms with E-state index in [0.29, 0.717) is 19.5 Å². The Morgan fingerprint density at radius 1 is 0.921 bits per heavy atom. The Balaban J connectivity index is 1.45. The molecule has 6 nitrogen and oxygen atoms in total. The molecule has 0 fully saturated rings. The lowest BCUT2D eigenvalue weighted by Gasteiger charge is -2.29. The highest BCUT2D eigenvalue weighted by molar-refractivity contribution is 7.89. The average molecular weight is 537 g/mol. The van der Waals surface area contributed by atoms with E-state index in [2.05, 4.69) is 23.5 Å². The Kier molecular flexibility index (Phi) is 9.74. The highest BCUT2D eigenvalue weighted by Crippen LogP contribution is 2.31. The third kappa shape index (κ3) is 7.30. The maximum absolute atomic E-state index is 13.4. The van der Waals surface area contributed by atoms with Gasteiger partial charge in [-0.05, 0) is 66.5 Å². The fourth-order valence-electron chi connectivity index (χ4n) is 5.38. The van der Waals surface area contributed by atoms with Gasteiger partial charge in [0.15, 0.2) is 0 Å². The van der Waals surface area contributed by atoms with Crippen molar-refractivity contribution in [3.05, 3.63) is 102 Å². The maximum Gasteiger partial charge on any atom is 0.243 e. The van der Waals surface area contributed by atoms with Gasteiger partial charge in [0.2, 0.25) is 10.0 Å². The van der Waals surface area contributed by atoms with Crippen molar-refractivity contribution in [3.8, 4) is 0 Å². The third-order valence-electron chi connectivity index (χ3n) is 7.20. The number of benzene rings is 3. The molecule has 38 heavy (non-hydrogen) atoms. The van der Waals surface area contributed by atoms with Crippen LogP contribution in [0.5, 0.6) is 0 Å². The molecule has 1 aliphatic rings. The quantitative estimate of drug-likeness (QED) is 0.305. The van der Waals surface area contributed by atoms with Crippen LogP contribution in [0.3, 0.4) is 0 Å². The molecule has 1 aliphatic carbocycles. The number of nitrogens with zero attached hydrogens (tertiary/aromatic N) is 1. The molecule has 0 spiro atoms. The van der Waals surface area contributed by atoms with Gasteiger partial charge in [0.05, 0.1) is 17.1 Å². The summed E-state index contributed by atoms with van der Waals surface area (Å²) in [5.74, 6) is 0.177. The second kappa shape index (κ2) is 13.0. The highest BCUT2D eigenvalue weighted by Gasteiger charge is 2.32. The van der Waals surface area contributed by atoms with Crippen LogP contribution in [0, 0.1) is 11.8 Å². The smallest absolute Gasteiger partial charge is 0.243 e. The number of aliphatic hydroxyl groups is 2. The van der Waals surface area contributed by atoms with Gasteiger partial charge in [-0.15, -0.1) is 0 Å². The average Bonchev–Trinajstić information content (AvgIpc) is 3.23.